The summed E-state index contributed by atoms with van der Waals surface area (Å²) < 4.78 is 34.7. The number of aromatic nitrogens is 3. The van der Waals surface area contributed by atoms with Crippen molar-refractivity contribution in [3.63, 3.8) is 0 Å². The van der Waals surface area contributed by atoms with Crippen molar-refractivity contribution in [2.24, 2.45) is 0 Å². The quantitative estimate of drug-likeness (QED) is 0.649. The lowest BCUT2D eigenvalue weighted by Gasteiger charge is -2.30. The highest BCUT2D eigenvalue weighted by atomic mass is 32.2. The second-order valence-corrected chi connectivity index (χ2v) is 9.84. The Morgan fingerprint density at radius 2 is 1.77 bits per heavy atom. The van der Waals surface area contributed by atoms with Crippen LogP contribution in [0.2, 0.25) is 0 Å². The average molecular weight is 442 g/mol. The van der Waals surface area contributed by atoms with Crippen molar-refractivity contribution in [3.8, 4) is 11.6 Å². The SMILES string of the molecule is Cc1cc(C)c(Oc2nc(N3CCn4c(cnc4C)C3)ccc2NS(C)(=O)=O)c(C)c1. The molecular weight excluding hydrogens is 414 g/mol. The molecule has 9 heteroatoms. The molecule has 0 atom stereocenters. The number of benzene rings is 1. The molecule has 2 aromatic heterocycles. The number of sulfonamides is 1. The van der Waals surface area contributed by atoms with Crippen molar-refractivity contribution in [2.45, 2.75) is 40.8 Å². The third kappa shape index (κ3) is 4.51. The summed E-state index contributed by atoms with van der Waals surface area (Å²) in [6.45, 7) is 10.2. The fraction of sp³-hybridized carbons (Fsp3) is 0.364. The summed E-state index contributed by atoms with van der Waals surface area (Å²) in [6.07, 6.45) is 3.00. The van der Waals surface area contributed by atoms with E-state index in [9.17, 15) is 8.42 Å². The van der Waals surface area contributed by atoms with E-state index in [4.69, 9.17) is 9.72 Å². The molecule has 3 aromatic rings. The number of fused-ring (bicyclic) bond motifs is 1. The highest BCUT2D eigenvalue weighted by Gasteiger charge is 2.22. The second-order valence-electron chi connectivity index (χ2n) is 8.10. The molecule has 0 spiro atoms. The highest BCUT2D eigenvalue weighted by Crippen LogP contribution is 2.35. The molecule has 0 saturated carbocycles. The van der Waals surface area contributed by atoms with Crippen LogP contribution >= 0.6 is 0 Å². The lowest BCUT2D eigenvalue weighted by Crippen LogP contribution is -2.34. The number of pyridine rings is 1. The first-order valence-electron chi connectivity index (χ1n) is 10.1. The van der Waals surface area contributed by atoms with Crippen LogP contribution in [0.3, 0.4) is 0 Å². The van der Waals surface area contributed by atoms with Crippen LogP contribution in [-0.2, 0) is 23.1 Å². The van der Waals surface area contributed by atoms with Gasteiger partial charge in [0.1, 0.15) is 23.1 Å². The molecule has 1 N–H and O–H groups in total. The third-order valence-electron chi connectivity index (χ3n) is 5.35. The molecule has 3 heterocycles. The lowest BCUT2D eigenvalue weighted by molar-refractivity contribution is 0.456. The molecule has 0 radical (unpaired) electrons. The van der Waals surface area contributed by atoms with E-state index in [0.29, 0.717) is 18.0 Å². The van der Waals surface area contributed by atoms with Crippen LogP contribution in [0.4, 0.5) is 11.5 Å². The molecule has 4 rings (SSSR count). The zero-order valence-corrected chi connectivity index (χ0v) is 19.2. The molecule has 0 aliphatic carbocycles. The zero-order chi connectivity index (χ0) is 22.3. The first kappa shape index (κ1) is 21.2. The molecule has 164 valence electrons. The van der Waals surface area contributed by atoms with Gasteiger partial charge in [-0.05, 0) is 51.0 Å². The zero-order valence-electron chi connectivity index (χ0n) is 18.4. The Hall–Kier alpha value is -3.07. The number of nitrogens with one attached hydrogen (secondary N) is 1. The van der Waals surface area contributed by atoms with E-state index in [-0.39, 0.29) is 5.88 Å². The van der Waals surface area contributed by atoms with Gasteiger partial charge in [-0.25, -0.2) is 13.4 Å². The van der Waals surface area contributed by atoms with Crippen LogP contribution < -0.4 is 14.4 Å². The second kappa shape index (κ2) is 7.88. The summed E-state index contributed by atoms with van der Waals surface area (Å²) in [6, 6.07) is 7.58. The largest absolute Gasteiger partial charge is 0.436 e. The maximum absolute atomic E-state index is 11.9. The van der Waals surface area contributed by atoms with Crippen molar-refractivity contribution in [2.75, 3.05) is 22.4 Å². The predicted octanol–water partition coefficient (Wildman–Crippen LogP) is 3.70. The molecule has 0 unspecified atom stereocenters. The van der Waals surface area contributed by atoms with E-state index in [2.05, 4.69) is 19.2 Å². The summed E-state index contributed by atoms with van der Waals surface area (Å²) in [5, 5.41) is 0. The molecule has 1 aliphatic rings. The van der Waals surface area contributed by atoms with Crippen molar-refractivity contribution < 1.29 is 13.2 Å². The van der Waals surface area contributed by atoms with Crippen LogP contribution in [0.5, 0.6) is 11.6 Å². The molecule has 1 aliphatic heterocycles. The number of aryl methyl sites for hydroxylation is 4. The maximum atomic E-state index is 11.9. The summed E-state index contributed by atoms with van der Waals surface area (Å²) in [7, 11) is -3.49. The monoisotopic (exact) mass is 441 g/mol. The first-order chi connectivity index (χ1) is 14.6. The van der Waals surface area contributed by atoms with E-state index in [1.807, 2.05) is 52.1 Å². The van der Waals surface area contributed by atoms with Gasteiger partial charge < -0.3 is 14.2 Å². The normalized spacial score (nSPS) is 13.8. The van der Waals surface area contributed by atoms with E-state index in [1.165, 1.54) is 0 Å². The Bertz CT molecular complexity index is 1230. The molecule has 0 saturated heterocycles. The minimum atomic E-state index is -3.49. The number of ether oxygens (including phenoxy) is 1. The number of imidazole rings is 1. The van der Waals surface area contributed by atoms with Gasteiger partial charge in [-0.2, -0.15) is 4.98 Å². The van der Waals surface area contributed by atoms with Crippen LogP contribution in [0.15, 0.2) is 30.5 Å². The van der Waals surface area contributed by atoms with Crippen molar-refractivity contribution in [1.82, 2.24) is 14.5 Å². The summed E-state index contributed by atoms with van der Waals surface area (Å²) >= 11 is 0. The standard InChI is InChI=1S/C22H27N5O3S/c1-14-10-15(2)21(16(3)11-14)30-22-19(25-31(5,28)29)6-7-20(24-22)26-8-9-27-17(4)23-12-18(27)13-26/h6-7,10-12,25H,8-9,13H2,1-5H3. The topological polar surface area (TPSA) is 89.3 Å². The van der Waals surface area contributed by atoms with E-state index in [1.54, 1.807) is 6.07 Å². The Labute approximate surface area is 183 Å². The smallest absolute Gasteiger partial charge is 0.245 e. The van der Waals surface area contributed by atoms with Gasteiger partial charge in [0.05, 0.1) is 24.7 Å². The van der Waals surface area contributed by atoms with Gasteiger partial charge in [0.25, 0.3) is 0 Å². The predicted molar refractivity (Wildman–Crippen MR) is 121 cm³/mol. The van der Waals surface area contributed by atoms with E-state index >= 15 is 0 Å². The van der Waals surface area contributed by atoms with Crippen LogP contribution in [0, 0.1) is 27.7 Å². The minimum absolute atomic E-state index is 0.230. The van der Waals surface area contributed by atoms with Gasteiger partial charge in [0.15, 0.2) is 0 Å². The van der Waals surface area contributed by atoms with Gasteiger partial charge in [0, 0.05) is 13.1 Å². The van der Waals surface area contributed by atoms with Gasteiger partial charge in [-0.1, -0.05) is 17.7 Å². The summed E-state index contributed by atoms with van der Waals surface area (Å²) in [5.74, 6) is 2.64. The Morgan fingerprint density at radius 1 is 1.06 bits per heavy atom. The number of rotatable bonds is 5. The van der Waals surface area contributed by atoms with Crippen LogP contribution in [0.25, 0.3) is 0 Å². The van der Waals surface area contributed by atoms with Gasteiger partial charge >= 0.3 is 0 Å². The summed E-state index contributed by atoms with van der Waals surface area (Å²) in [5.41, 5.74) is 4.50. The fourth-order valence-corrected chi connectivity index (χ4v) is 4.58. The Balaban J connectivity index is 1.72. The average Bonchev–Trinajstić information content (AvgIpc) is 3.05. The number of nitrogens with zero attached hydrogens (tertiary/aromatic N) is 4. The first-order valence-corrected chi connectivity index (χ1v) is 12.0. The maximum Gasteiger partial charge on any atom is 0.245 e. The van der Waals surface area contributed by atoms with E-state index < -0.39 is 10.0 Å². The Kier molecular flexibility index (Phi) is 5.38. The number of anilines is 2. The number of hydrogen-bond acceptors (Lipinski definition) is 6. The van der Waals surface area contributed by atoms with Crippen molar-refractivity contribution in [3.05, 3.63) is 58.7 Å². The molecule has 1 aromatic carbocycles. The molecule has 0 amide bonds. The molecule has 0 bridgehead atoms. The Morgan fingerprint density at radius 3 is 2.45 bits per heavy atom. The van der Waals surface area contributed by atoms with Gasteiger partial charge in [0.2, 0.25) is 15.9 Å². The van der Waals surface area contributed by atoms with Gasteiger partial charge in [-0.3, -0.25) is 4.72 Å². The van der Waals surface area contributed by atoms with Crippen molar-refractivity contribution >= 4 is 21.5 Å². The van der Waals surface area contributed by atoms with Crippen LogP contribution in [0.1, 0.15) is 28.2 Å². The third-order valence-corrected chi connectivity index (χ3v) is 5.94. The molecule has 0 fully saturated rings. The van der Waals surface area contributed by atoms with E-state index in [0.717, 1.165) is 53.4 Å². The van der Waals surface area contributed by atoms with Crippen molar-refractivity contribution in [1.29, 1.82) is 0 Å². The van der Waals surface area contributed by atoms with Crippen LogP contribution in [-0.4, -0.2) is 35.8 Å². The lowest BCUT2D eigenvalue weighted by atomic mass is 10.1. The molecule has 31 heavy (non-hydrogen) atoms. The fourth-order valence-electron chi connectivity index (χ4n) is 4.02. The number of hydrogen-bond donors (Lipinski definition) is 1. The summed E-state index contributed by atoms with van der Waals surface area (Å²) in [4.78, 5) is 11.2. The van der Waals surface area contributed by atoms with Gasteiger partial charge in [-0.15, -0.1) is 0 Å². The minimum Gasteiger partial charge on any atom is -0.436 e. The highest BCUT2D eigenvalue weighted by molar-refractivity contribution is 7.92. The molecular formula is C22H27N5O3S. The molecule has 8 nitrogen and oxygen atoms in total.